The van der Waals surface area contributed by atoms with Gasteiger partial charge in [0, 0.05) is 0 Å². The van der Waals surface area contributed by atoms with Gasteiger partial charge < -0.3 is 15.1 Å². The lowest BCUT2D eigenvalue weighted by Gasteiger charge is -2.41. The van der Waals surface area contributed by atoms with Crippen LogP contribution >= 0.6 is 0 Å². The Hall–Kier alpha value is -0.973. The average molecular weight is 272 g/mol. The Bertz CT molecular complexity index is 360. The third-order valence-electron chi connectivity index (χ3n) is 3.08. The van der Waals surface area contributed by atoms with Crippen molar-refractivity contribution >= 4 is 19.6 Å². The van der Waals surface area contributed by atoms with Crippen molar-refractivity contribution in [1.29, 1.82) is 0 Å². The quantitative estimate of drug-likeness (QED) is 0.281. The molecule has 18 heavy (non-hydrogen) atoms. The highest BCUT2D eigenvalue weighted by Crippen LogP contribution is 2.49. The topological polar surface area (TPSA) is 82.9 Å². The van der Waals surface area contributed by atoms with E-state index in [4.69, 9.17) is 10.3 Å². The summed E-state index contributed by atoms with van der Waals surface area (Å²) in [6, 6.07) is 0. The van der Waals surface area contributed by atoms with E-state index in [1.165, 1.54) is 0 Å². The van der Waals surface area contributed by atoms with Gasteiger partial charge in [-0.05, 0) is 17.0 Å². The largest absolute Gasteiger partial charge is 0.458 e. The molecule has 0 rings (SSSR count). The van der Waals surface area contributed by atoms with Crippen LogP contribution in [0.2, 0.25) is 10.1 Å². The lowest BCUT2D eigenvalue weighted by atomic mass is 10.2. The van der Waals surface area contributed by atoms with Crippen LogP contribution in [0.4, 0.5) is 0 Å². The van der Waals surface area contributed by atoms with Crippen molar-refractivity contribution in [3.8, 4) is 0 Å². The molecule has 0 fully saturated rings. The normalized spacial score (nSPS) is 12.9. The molecule has 0 heterocycles. The molecule has 0 atom stereocenters. The van der Waals surface area contributed by atoms with Crippen LogP contribution in [0.15, 0.2) is 0 Å². The summed E-state index contributed by atoms with van der Waals surface area (Å²) in [5.74, 6) is -0.737. The Labute approximate surface area is 110 Å². The summed E-state index contributed by atoms with van der Waals surface area (Å²) in [5.41, 5.74) is 9.15. The molecule has 104 valence electrons. The monoisotopic (exact) mass is 272 g/mol. The van der Waals surface area contributed by atoms with Gasteiger partial charge in [0.05, 0.1) is 6.61 Å². The summed E-state index contributed by atoms with van der Waals surface area (Å²) in [6.07, 6.45) is 0. The van der Waals surface area contributed by atoms with Gasteiger partial charge in [0.15, 0.2) is 0 Å². The smallest absolute Gasteiger partial charge is 0.413 e. The minimum Gasteiger partial charge on any atom is -0.458 e. The fourth-order valence-corrected chi connectivity index (χ4v) is 6.48. The molecule has 0 unspecified atom stereocenters. The first kappa shape index (κ1) is 17.0. The van der Waals surface area contributed by atoms with E-state index in [0.29, 0.717) is 0 Å². The van der Waals surface area contributed by atoms with Crippen molar-refractivity contribution in [2.45, 2.75) is 58.5 Å². The molecule has 0 aromatic rings. The maximum absolute atomic E-state index is 11.9. The second kappa shape index (κ2) is 5.34. The van der Waals surface area contributed by atoms with Crippen molar-refractivity contribution in [3.05, 3.63) is 5.53 Å². The zero-order valence-corrected chi connectivity index (χ0v) is 13.4. The molecule has 0 aliphatic rings. The first-order chi connectivity index (χ1) is 7.93. The maximum atomic E-state index is 11.9. The predicted molar refractivity (Wildman–Crippen MR) is 72.7 cm³/mol. The van der Waals surface area contributed by atoms with Crippen LogP contribution < -0.4 is 0 Å². The molecule has 6 heteroatoms. The number of hydrogen-bond acceptors (Lipinski definition) is 3. The van der Waals surface area contributed by atoms with E-state index in [1.54, 1.807) is 6.92 Å². The molecule has 0 aliphatic heterocycles. The van der Waals surface area contributed by atoms with E-state index < -0.39 is 24.4 Å². The Morgan fingerprint density at radius 1 is 1.22 bits per heavy atom. The highest BCUT2D eigenvalue weighted by atomic mass is 28.4. The van der Waals surface area contributed by atoms with Gasteiger partial charge in [-0.2, -0.15) is 4.79 Å². The molecule has 0 aromatic carbocycles. The molecule has 0 bridgehead atoms. The summed E-state index contributed by atoms with van der Waals surface area (Å²) in [5, 5.41) is -1.33. The number of hydrogen-bond donors (Lipinski definition) is 1. The van der Waals surface area contributed by atoms with E-state index in [1.807, 2.05) is 41.5 Å². The number of esters is 1. The second-order valence-electron chi connectivity index (χ2n) is 6.38. The van der Waals surface area contributed by atoms with E-state index in [-0.39, 0.29) is 11.9 Å². The van der Waals surface area contributed by atoms with Crippen molar-refractivity contribution < 1.29 is 19.1 Å². The Kier molecular flexibility index (Phi) is 5.05. The number of carbonyl (C=O) groups excluding carboxylic acids is 1. The van der Waals surface area contributed by atoms with Crippen molar-refractivity contribution in [2.24, 2.45) is 0 Å². The van der Waals surface area contributed by atoms with E-state index in [9.17, 15) is 9.59 Å². The number of carbonyl (C=O) groups is 1. The first-order valence-corrected chi connectivity index (χ1v) is 8.00. The molecule has 5 nitrogen and oxygen atoms in total. The zero-order chi connectivity index (χ0) is 14.8. The van der Waals surface area contributed by atoms with Gasteiger partial charge in [-0.15, -0.1) is 0 Å². The van der Waals surface area contributed by atoms with Crippen LogP contribution in [0.1, 0.15) is 48.5 Å². The number of ether oxygens (including phenoxy) is 1. The molecular weight excluding hydrogens is 248 g/mol. The molecule has 0 aliphatic carbocycles. The van der Waals surface area contributed by atoms with Gasteiger partial charge in [-0.3, -0.25) is 0 Å². The summed E-state index contributed by atoms with van der Waals surface area (Å²) in [4.78, 5) is 26.0. The maximum Gasteiger partial charge on any atom is 0.413 e. The van der Waals surface area contributed by atoms with Gasteiger partial charge in [0.2, 0.25) is 0 Å². The van der Waals surface area contributed by atoms with Crippen molar-refractivity contribution in [3.63, 3.8) is 0 Å². The van der Waals surface area contributed by atoms with Gasteiger partial charge in [0.1, 0.15) is 0 Å². The van der Waals surface area contributed by atoms with Gasteiger partial charge in [0.25, 0.3) is 0 Å². The van der Waals surface area contributed by atoms with Gasteiger partial charge in [-0.25, -0.2) is 4.79 Å². The minimum atomic E-state index is -3.36. The Morgan fingerprint density at radius 3 is 1.83 bits per heavy atom. The third kappa shape index (κ3) is 2.88. The highest BCUT2D eigenvalue weighted by molar-refractivity contribution is 7.12. The minimum absolute atomic E-state index is 0.177. The first-order valence-electron chi connectivity index (χ1n) is 6.05. The van der Waals surface area contributed by atoms with Crippen LogP contribution in [-0.4, -0.2) is 35.8 Å². The molecule has 1 N–H and O–H groups in total. The van der Waals surface area contributed by atoms with E-state index >= 15 is 0 Å². The molecule has 0 saturated carbocycles. The summed E-state index contributed by atoms with van der Waals surface area (Å²) in [6.45, 7) is 12.9. The highest BCUT2D eigenvalue weighted by Gasteiger charge is 2.65. The summed E-state index contributed by atoms with van der Waals surface area (Å²) < 4.78 is 4.88. The Morgan fingerprint density at radius 2 is 1.61 bits per heavy atom. The second-order valence-corrected chi connectivity index (χ2v) is 11.3. The van der Waals surface area contributed by atoms with Crippen LogP contribution in [0.25, 0.3) is 5.53 Å². The summed E-state index contributed by atoms with van der Waals surface area (Å²) >= 11 is 0. The fourth-order valence-electron chi connectivity index (χ4n) is 2.30. The summed E-state index contributed by atoms with van der Waals surface area (Å²) in [7, 11) is -3.36. The zero-order valence-electron chi connectivity index (χ0n) is 12.4. The molecule has 0 aromatic heterocycles. The fraction of sp³-hybridized carbons (Fsp3) is 0.833. The SMILES string of the molecule is CCOC(=O)C(=[N+]=[N-])[Si](O)(C(C)(C)C)C(C)(C)C. The number of nitrogens with zero attached hydrogens (tertiary/aromatic N) is 2. The molecular formula is C12H24N2O3Si. The van der Waals surface area contributed by atoms with E-state index in [0.717, 1.165) is 0 Å². The van der Waals surface area contributed by atoms with Gasteiger partial charge >= 0.3 is 19.6 Å². The van der Waals surface area contributed by atoms with Crippen LogP contribution in [0.3, 0.4) is 0 Å². The van der Waals surface area contributed by atoms with E-state index in [2.05, 4.69) is 4.79 Å². The van der Waals surface area contributed by atoms with Crippen molar-refractivity contribution in [2.75, 3.05) is 6.61 Å². The van der Waals surface area contributed by atoms with Crippen LogP contribution in [0, 0.1) is 0 Å². The molecule has 0 radical (unpaired) electrons. The molecule has 0 amide bonds. The number of rotatable bonds is 3. The van der Waals surface area contributed by atoms with Crippen LogP contribution in [0.5, 0.6) is 0 Å². The van der Waals surface area contributed by atoms with Gasteiger partial charge in [-0.1, -0.05) is 41.5 Å². The molecule has 0 spiro atoms. The standard InChI is InChI=1S/C12H24N2O3Si/c1-8-17-10(15)9(14-13)18(16,11(2,3)4)12(5,6)7/h16H,8H2,1-7H3. The Balaban J connectivity index is 5.91. The average Bonchev–Trinajstić information content (AvgIpc) is 2.15. The van der Waals surface area contributed by atoms with Crippen LogP contribution in [-0.2, 0) is 9.53 Å². The lowest BCUT2D eigenvalue weighted by Crippen LogP contribution is -2.62. The predicted octanol–water partition coefficient (Wildman–Crippen LogP) is 2.30. The lowest BCUT2D eigenvalue weighted by molar-refractivity contribution is -0.139. The molecule has 0 saturated heterocycles. The van der Waals surface area contributed by atoms with Crippen molar-refractivity contribution in [1.82, 2.24) is 0 Å². The third-order valence-corrected chi connectivity index (χ3v) is 8.41.